The Morgan fingerprint density at radius 1 is 0.389 bits per heavy atom. The fraction of sp³-hybridized carbons (Fsp3) is 0.646. The number of carbonyl (C=O) groups is 3. The van der Waals surface area contributed by atoms with E-state index in [4.69, 9.17) is 14.2 Å². The lowest BCUT2D eigenvalue weighted by Gasteiger charge is -2.18. The second-order valence-corrected chi connectivity index (χ2v) is 14.0. The molecule has 0 aromatic carbocycles. The Hall–Kier alpha value is -3.41. The van der Waals surface area contributed by atoms with Crippen molar-refractivity contribution in [3.63, 3.8) is 0 Å². The zero-order chi connectivity index (χ0) is 39.4. The molecule has 54 heavy (non-hydrogen) atoms. The van der Waals surface area contributed by atoms with E-state index in [0.717, 1.165) is 96.3 Å². The highest BCUT2D eigenvalue weighted by molar-refractivity contribution is 5.71. The van der Waals surface area contributed by atoms with E-state index in [1.807, 2.05) is 42.5 Å². The number of hydrogen-bond donors (Lipinski definition) is 0. The largest absolute Gasteiger partial charge is 0.462 e. The topological polar surface area (TPSA) is 78.9 Å². The summed E-state index contributed by atoms with van der Waals surface area (Å²) in [5, 5.41) is 0. The molecule has 0 amide bonds. The molecule has 0 rings (SSSR count). The van der Waals surface area contributed by atoms with Gasteiger partial charge >= 0.3 is 17.9 Å². The average Bonchev–Trinajstić information content (AvgIpc) is 3.17. The van der Waals surface area contributed by atoms with Crippen LogP contribution in [0.15, 0.2) is 85.1 Å². The molecule has 1 unspecified atom stereocenters. The summed E-state index contributed by atoms with van der Waals surface area (Å²) in [7, 11) is 0. The summed E-state index contributed by atoms with van der Waals surface area (Å²) in [4.78, 5) is 37.6. The highest BCUT2D eigenvalue weighted by Crippen LogP contribution is 2.13. The number of allylic oxidation sites excluding steroid dienone is 14. The Balaban J connectivity index is 4.50. The second kappa shape index (κ2) is 42.3. The first-order valence-electron chi connectivity index (χ1n) is 21.7. The maximum Gasteiger partial charge on any atom is 0.306 e. The molecule has 0 N–H and O–H groups in total. The van der Waals surface area contributed by atoms with E-state index in [1.54, 1.807) is 0 Å². The van der Waals surface area contributed by atoms with Gasteiger partial charge in [-0.3, -0.25) is 14.4 Å². The molecule has 6 heteroatoms. The summed E-state index contributed by atoms with van der Waals surface area (Å²) in [5.41, 5.74) is 0. The molecule has 0 saturated heterocycles. The SMILES string of the molecule is CC\C=C/C=C\C=C/C=C\CCCCCC(=O)OCC(COC(=O)CCCCCCCCCCCC)OC(=O)CCCCCCC\C=C/C=C\C=C/CC. The van der Waals surface area contributed by atoms with Gasteiger partial charge in [-0.1, -0.05) is 189 Å². The van der Waals surface area contributed by atoms with Gasteiger partial charge in [0.25, 0.3) is 0 Å². The van der Waals surface area contributed by atoms with Crippen LogP contribution in [0.2, 0.25) is 0 Å². The van der Waals surface area contributed by atoms with Gasteiger partial charge in [-0.25, -0.2) is 0 Å². The molecule has 0 heterocycles. The predicted molar refractivity (Wildman–Crippen MR) is 228 cm³/mol. The monoisotopic (exact) mass is 751 g/mol. The van der Waals surface area contributed by atoms with Crippen LogP contribution in [-0.2, 0) is 28.6 Å². The molecule has 1 atom stereocenters. The number of rotatable bonds is 37. The van der Waals surface area contributed by atoms with Crippen molar-refractivity contribution in [1.82, 2.24) is 0 Å². The molecular formula is C48H78O6. The van der Waals surface area contributed by atoms with Gasteiger partial charge in [0.2, 0.25) is 0 Å². The van der Waals surface area contributed by atoms with Crippen LogP contribution in [0.5, 0.6) is 0 Å². The number of carbonyl (C=O) groups excluding carboxylic acids is 3. The molecule has 0 radical (unpaired) electrons. The Bertz CT molecular complexity index is 1090. The van der Waals surface area contributed by atoms with Gasteiger partial charge in [0, 0.05) is 19.3 Å². The third kappa shape index (κ3) is 39.8. The molecule has 0 fully saturated rings. The summed E-state index contributed by atoms with van der Waals surface area (Å²) in [6, 6.07) is 0. The quantitative estimate of drug-likeness (QED) is 0.0272. The lowest BCUT2D eigenvalue weighted by Crippen LogP contribution is -2.30. The normalized spacial score (nSPS) is 12.9. The molecule has 0 aliphatic carbocycles. The minimum Gasteiger partial charge on any atom is -0.462 e. The first-order chi connectivity index (χ1) is 26.5. The maximum absolute atomic E-state index is 12.7. The predicted octanol–water partition coefficient (Wildman–Crippen LogP) is 13.7. The number of hydrogen-bond acceptors (Lipinski definition) is 6. The van der Waals surface area contributed by atoms with Crippen LogP contribution in [0.1, 0.15) is 181 Å². The van der Waals surface area contributed by atoms with Crippen LogP contribution in [0.25, 0.3) is 0 Å². The van der Waals surface area contributed by atoms with Gasteiger partial charge in [-0.2, -0.15) is 0 Å². The highest BCUT2D eigenvalue weighted by atomic mass is 16.6. The maximum atomic E-state index is 12.7. The summed E-state index contributed by atoms with van der Waals surface area (Å²) in [6.45, 7) is 6.27. The van der Waals surface area contributed by atoms with Crippen molar-refractivity contribution in [2.45, 2.75) is 187 Å². The Morgan fingerprint density at radius 3 is 1.15 bits per heavy atom. The smallest absolute Gasteiger partial charge is 0.306 e. The van der Waals surface area contributed by atoms with Crippen LogP contribution in [-0.4, -0.2) is 37.2 Å². The van der Waals surface area contributed by atoms with Crippen LogP contribution < -0.4 is 0 Å². The minimum absolute atomic E-state index is 0.0980. The van der Waals surface area contributed by atoms with E-state index >= 15 is 0 Å². The van der Waals surface area contributed by atoms with Crippen molar-refractivity contribution >= 4 is 17.9 Å². The van der Waals surface area contributed by atoms with Crippen molar-refractivity contribution in [3.05, 3.63) is 85.1 Å². The summed E-state index contributed by atoms with van der Waals surface area (Å²) >= 11 is 0. The standard InChI is InChI=1S/C48H78O6/c1-4-7-10-13-16-19-22-24-26-29-32-35-38-41-47(50)53-44-45(43-52-46(49)40-37-34-31-28-21-18-15-12-9-6-3)54-48(51)42-39-36-33-30-27-25-23-20-17-14-11-8-5-2/h7-8,10-11,13-14,16-17,19-20,22-24,26,45H,4-6,9,12,15,18,21,25,27-44H2,1-3H3/b10-7-,11-8-,16-13-,17-14-,22-19-,23-20-,26-24-. The third-order valence-corrected chi connectivity index (χ3v) is 8.80. The molecule has 0 saturated carbocycles. The molecule has 0 bridgehead atoms. The first-order valence-corrected chi connectivity index (χ1v) is 21.7. The molecule has 0 spiro atoms. The van der Waals surface area contributed by atoms with Gasteiger partial charge in [0.1, 0.15) is 13.2 Å². The van der Waals surface area contributed by atoms with Crippen LogP contribution in [0.4, 0.5) is 0 Å². The minimum atomic E-state index is -0.799. The van der Waals surface area contributed by atoms with E-state index in [9.17, 15) is 14.4 Å². The second-order valence-electron chi connectivity index (χ2n) is 14.0. The Morgan fingerprint density at radius 2 is 0.722 bits per heavy atom. The van der Waals surface area contributed by atoms with Crippen molar-refractivity contribution in [2.24, 2.45) is 0 Å². The zero-order valence-corrected chi connectivity index (χ0v) is 34.7. The van der Waals surface area contributed by atoms with Crippen LogP contribution in [0.3, 0.4) is 0 Å². The van der Waals surface area contributed by atoms with E-state index in [-0.39, 0.29) is 31.1 Å². The van der Waals surface area contributed by atoms with Gasteiger partial charge < -0.3 is 14.2 Å². The first kappa shape index (κ1) is 50.6. The van der Waals surface area contributed by atoms with E-state index in [2.05, 4.69) is 63.3 Å². The van der Waals surface area contributed by atoms with E-state index < -0.39 is 6.10 Å². The zero-order valence-electron chi connectivity index (χ0n) is 34.7. The molecule has 0 aromatic rings. The molecule has 306 valence electrons. The third-order valence-electron chi connectivity index (χ3n) is 8.80. The van der Waals surface area contributed by atoms with Crippen LogP contribution in [0, 0.1) is 0 Å². The lowest BCUT2D eigenvalue weighted by atomic mass is 10.1. The van der Waals surface area contributed by atoms with Gasteiger partial charge in [-0.15, -0.1) is 0 Å². The summed E-state index contributed by atoms with van der Waals surface area (Å²) in [5.74, 6) is -0.971. The van der Waals surface area contributed by atoms with Gasteiger partial charge in [0.15, 0.2) is 6.10 Å². The average molecular weight is 751 g/mol. The highest BCUT2D eigenvalue weighted by Gasteiger charge is 2.19. The van der Waals surface area contributed by atoms with Crippen LogP contribution >= 0.6 is 0 Å². The number of esters is 3. The molecule has 0 aliphatic rings. The van der Waals surface area contributed by atoms with E-state index in [0.29, 0.717) is 19.3 Å². The van der Waals surface area contributed by atoms with E-state index in [1.165, 1.54) is 44.9 Å². The van der Waals surface area contributed by atoms with Gasteiger partial charge in [0.05, 0.1) is 0 Å². The lowest BCUT2D eigenvalue weighted by molar-refractivity contribution is -0.167. The summed E-state index contributed by atoms with van der Waals surface area (Å²) < 4.78 is 16.6. The molecular weight excluding hydrogens is 673 g/mol. The molecule has 0 aromatic heterocycles. The number of unbranched alkanes of at least 4 members (excludes halogenated alkanes) is 17. The molecule has 6 nitrogen and oxygen atoms in total. The van der Waals surface area contributed by atoms with Crippen molar-refractivity contribution in [3.8, 4) is 0 Å². The number of ether oxygens (including phenoxy) is 3. The Kier molecular flexibility index (Phi) is 39.7. The fourth-order valence-electron chi connectivity index (χ4n) is 5.57. The molecule has 0 aliphatic heterocycles. The summed E-state index contributed by atoms with van der Waals surface area (Å²) in [6.07, 6.45) is 52.8. The van der Waals surface area contributed by atoms with Crippen molar-refractivity contribution < 1.29 is 28.6 Å². The fourth-order valence-corrected chi connectivity index (χ4v) is 5.57. The van der Waals surface area contributed by atoms with Gasteiger partial charge in [-0.05, 0) is 57.8 Å². The van der Waals surface area contributed by atoms with Crippen molar-refractivity contribution in [1.29, 1.82) is 0 Å². The van der Waals surface area contributed by atoms with Crippen molar-refractivity contribution in [2.75, 3.05) is 13.2 Å². The Labute approximate surface area is 331 Å².